The molecule has 0 saturated heterocycles. The number of imide groups is 1. The van der Waals surface area contributed by atoms with Gasteiger partial charge in [0.2, 0.25) is 0 Å². The van der Waals surface area contributed by atoms with Gasteiger partial charge in [0.25, 0.3) is 11.8 Å². The highest BCUT2D eigenvalue weighted by Gasteiger charge is 2.39. The van der Waals surface area contributed by atoms with Crippen LogP contribution < -0.4 is 15.0 Å². The van der Waals surface area contributed by atoms with Crippen molar-refractivity contribution in [2.75, 3.05) is 16.8 Å². The van der Waals surface area contributed by atoms with Gasteiger partial charge in [0.1, 0.15) is 16.5 Å². The lowest BCUT2D eigenvalue weighted by atomic mass is 10.0. The summed E-state index contributed by atoms with van der Waals surface area (Å²) in [6.45, 7) is 6.35. The molecule has 0 saturated carbocycles. The summed E-state index contributed by atoms with van der Waals surface area (Å²) in [6, 6.07) is 19.6. The lowest BCUT2D eigenvalue weighted by Gasteiger charge is -2.15. The number of benzene rings is 3. The molecular weight excluding hydrogens is 532 g/mol. The number of unbranched alkanes of at least 4 members (excludes halogenated alkanes) is 1. The van der Waals surface area contributed by atoms with Crippen molar-refractivity contribution in [3.05, 3.63) is 100 Å². The molecule has 40 heavy (non-hydrogen) atoms. The monoisotopic (exact) mass is 560 g/mol. The Hall–Kier alpha value is -4.43. The Labute approximate surface area is 237 Å². The van der Waals surface area contributed by atoms with E-state index in [1.807, 2.05) is 32.9 Å². The summed E-state index contributed by atoms with van der Waals surface area (Å²) >= 11 is 6.24. The fourth-order valence-electron chi connectivity index (χ4n) is 4.03. The molecule has 0 unspecified atom stereocenters. The van der Waals surface area contributed by atoms with E-state index in [4.69, 9.17) is 21.1 Å². The number of halogens is 1. The molecule has 0 spiro atoms. The molecule has 0 atom stereocenters. The highest BCUT2D eigenvalue weighted by Crippen LogP contribution is 2.31. The SMILES string of the molecule is CCCCOC(=O)c1ccc(N2C(=O)C(Cl)=C(Nc3ccc(C(=O)Oc4ccccc4C(C)C)cc3)C2=O)cc1. The van der Waals surface area contributed by atoms with Crippen LogP contribution in [0, 0.1) is 0 Å². The maximum Gasteiger partial charge on any atom is 0.343 e. The van der Waals surface area contributed by atoms with E-state index in [-0.39, 0.29) is 22.3 Å². The first kappa shape index (κ1) is 28.6. The number of nitrogens with zero attached hydrogens (tertiary/aromatic N) is 1. The first-order valence-corrected chi connectivity index (χ1v) is 13.3. The van der Waals surface area contributed by atoms with Crippen molar-refractivity contribution >= 4 is 46.7 Å². The molecule has 0 aromatic heterocycles. The number of rotatable bonds is 10. The predicted octanol–water partition coefficient (Wildman–Crippen LogP) is 6.42. The Kier molecular flexibility index (Phi) is 9.01. The molecule has 4 rings (SSSR count). The van der Waals surface area contributed by atoms with Gasteiger partial charge in [0.05, 0.1) is 23.4 Å². The van der Waals surface area contributed by atoms with Gasteiger partial charge in [-0.25, -0.2) is 14.5 Å². The molecule has 2 amide bonds. The Morgan fingerprint density at radius 3 is 2.15 bits per heavy atom. The molecule has 3 aromatic rings. The van der Waals surface area contributed by atoms with Crippen LogP contribution in [-0.2, 0) is 14.3 Å². The molecule has 8 nitrogen and oxygen atoms in total. The van der Waals surface area contributed by atoms with E-state index >= 15 is 0 Å². The van der Waals surface area contributed by atoms with Gasteiger partial charge in [0.15, 0.2) is 0 Å². The average molecular weight is 561 g/mol. The van der Waals surface area contributed by atoms with Gasteiger partial charge in [0, 0.05) is 5.69 Å². The fraction of sp³-hybridized carbons (Fsp3) is 0.226. The fourth-order valence-corrected chi connectivity index (χ4v) is 4.24. The number of ether oxygens (including phenoxy) is 2. The minimum atomic E-state index is -0.698. The molecule has 1 aliphatic rings. The van der Waals surface area contributed by atoms with Gasteiger partial charge in [-0.2, -0.15) is 0 Å². The van der Waals surface area contributed by atoms with E-state index in [1.165, 1.54) is 24.3 Å². The van der Waals surface area contributed by atoms with E-state index in [0.717, 1.165) is 23.3 Å². The predicted molar refractivity (Wildman–Crippen MR) is 153 cm³/mol. The molecule has 206 valence electrons. The average Bonchev–Trinajstić information content (AvgIpc) is 3.16. The number of carbonyl (C=O) groups is 4. The van der Waals surface area contributed by atoms with Crippen LogP contribution in [0.15, 0.2) is 83.5 Å². The molecular formula is C31H29ClN2O6. The molecule has 0 aliphatic carbocycles. The van der Waals surface area contributed by atoms with Crippen LogP contribution in [0.3, 0.4) is 0 Å². The number of hydrogen-bond acceptors (Lipinski definition) is 7. The van der Waals surface area contributed by atoms with Crippen LogP contribution in [-0.4, -0.2) is 30.4 Å². The third-order valence-electron chi connectivity index (χ3n) is 6.25. The zero-order valence-corrected chi connectivity index (χ0v) is 23.2. The van der Waals surface area contributed by atoms with Crippen molar-refractivity contribution in [2.24, 2.45) is 0 Å². The van der Waals surface area contributed by atoms with E-state index in [2.05, 4.69) is 5.32 Å². The number of anilines is 2. The van der Waals surface area contributed by atoms with Crippen LogP contribution in [0.2, 0.25) is 0 Å². The maximum atomic E-state index is 13.1. The third kappa shape index (κ3) is 6.24. The zero-order chi connectivity index (χ0) is 28.8. The number of hydrogen-bond donors (Lipinski definition) is 1. The van der Waals surface area contributed by atoms with Gasteiger partial charge >= 0.3 is 11.9 Å². The lowest BCUT2D eigenvalue weighted by Crippen LogP contribution is -2.32. The Balaban J connectivity index is 1.43. The first-order chi connectivity index (χ1) is 19.2. The number of carbonyl (C=O) groups excluding carboxylic acids is 4. The second kappa shape index (κ2) is 12.6. The summed E-state index contributed by atoms with van der Waals surface area (Å²) in [4.78, 5) is 51.7. The summed E-state index contributed by atoms with van der Waals surface area (Å²) in [5, 5.41) is 2.60. The summed E-state index contributed by atoms with van der Waals surface area (Å²) in [6.07, 6.45) is 1.67. The highest BCUT2D eigenvalue weighted by atomic mass is 35.5. The van der Waals surface area contributed by atoms with Crippen LogP contribution in [0.4, 0.5) is 11.4 Å². The van der Waals surface area contributed by atoms with Crippen LogP contribution in [0.1, 0.15) is 65.8 Å². The second-order valence-electron chi connectivity index (χ2n) is 9.46. The minimum absolute atomic E-state index is 0.101. The van der Waals surface area contributed by atoms with Crippen molar-refractivity contribution in [3.63, 3.8) is 0 Å². The first-order valence-electron chi connectivity index (χ1n) is 12.9. The Morgan fingerprint density at radius 1 is 0.875 bits per heavy atom. The molecule has 9 heteroatoms. The number of esters is 2. The van der Waals surface area contributed by atoms with Gasteiger partial charge < -0.3 is 14.8 Å². The molecule has 0 radical (unpaired) electrons. The lowest BCUT2D eigenvalue weighted by molar-refractivity contribution is -0.120. The Bertz CT molecular complexity index is 1460. The topological polar surface area (TPSA) is 102 Å². The van der Waals surface area contributed by atoms with Gasteiger partial charge in [-0.05, 0) is 72.5 Å². The molecule has 0 fully saturated rings. The largest absolute Gasteiger partial charge is 0.462 e. The summed E-state index contributed by atoms with van der Waals surface area (Å²) < 4.78 is 10.8. The maximum absolute atomic E-state index is 13.1. The molecule has 3 aromatic carbocycles. The highest BCUT2D eigenvalue weighted by molar-refractivity contribution is 6.53. The van der Waals surface area contributed by atoms with Crippen LogP contribution in [0.25, 0.3) is 0 Å². The molecule has 0 bridgehead atoms. The van der Waals surface area contributed by atoms with Gasteiger partial charge in [-0.3, -0.25) is 9.59 Å². The van der Waals surface area contributed by atoms with E-state index in [1.54, 1.807) is 36.4 Å². The molecule has 1 heterocycles. The van der Waals surface area contributed by atoms with Gasteiger partial charge in [-0.1, -0.05) is 57.0 Å². The number of nitrogens with one attached hydrogen (secondary N) is 1. The molecule has 1 aliphatic heterocycles. The zero-order valence-electron chi connectivity index (χ0n) is 22.4. The quantitative estimate of drug-likeness (QED) is 0.132. The summed E-state index contributed by atoms with van der Waals surface area (Å²) in [7, 11) is 0. The minimum Gasteiger partial charge on any atom is -0.462 e. The van der Waals surface area contributed by atoms with Crippen molar-refractivity contribution in [1.82, 2.24) is 0 Å². The normalized spacial score (nSPS) is 13.2. The van der Waals surface area contributed by atoms with E-state index in [9.17, 15) is 19.2 Å². The standard InChI is InChI=1S/C31H29ClN2O6/c1-4-5-18-39-30(37)20-12-16-23(17-13-20)34-28(35)26(32)27(29(34)36)33-22-14-10-21(11-15-22)31(38)40-25-9-7-6-8-24(25)19(2)3/h6-17,19,33H,4-5,18H2,1-3H3. The third-order valence-corrected chi connectivity index (χ3v) is 6.60. The van der Waals surface area contributed by atoms with Crippen molar-refractivity contribution in [3.8, 4) is 5.75 Å². The van der Waals surface area contributed by atoms with Crippen LogP contribution in [0.5, 0.6) is 5.75 Å². The summed E-state index contributed by atoms with van der Waals surface area (Å²) in [5.74, 6) is -1.66. The number of para-hydroxylation sites is 1. The van der Waals surface area contributed by atoms with Gasteiger partial charge in [-0.15, -0.1) is 0 Å². The van der Waals surface area contributed by atoms with Crippen LogP contribution >= 0.6 is 11.6 Å². The van der Waals surface area contributed by atoms with E-state index in [0.29, 0.717) is 29.2 Å². The van der Waals surface area contributed by atoms with Crippen molar-refractivity contribution < 1.29 is 28.7 Å². The molecule has 1 N–H and O–H groups in total. The van der Waals surface area contributed by atoms with Crippen molar-refractivity contribution in [1.29, 1.82) is 0 Å². The van der Waals surface area contributed by atoms with Crippen molar-refractivity contribution in [2.45, 2.75) is 39.5 Å². The second-order valence-corrected chi connectivity index (χ2v) is 9.83. The van der Waals surface area contributed by atoms with E-state index < -0.39 is 23.8 Å². The summed E-state index contributed by atoms with van der Waals surface area (Å²) in [5.41, 5.74) is 2.15. The smallest absolute Gasteiger partial charge is 0.343 e. The Morgan fingerprint density at radius 2 is 1.50 bits per heavy atom. The number of amides is 2.